The first-order valence-electron chi connectivity index (χ1n) is 21.5. The maximum atomic E-state index is 14.2. The second-order valence-electron chi connectivity index (χ2n) is 15.3. The fourth-order valence-electron chi connectivity index (χ4n) is 6.52. The first-order valence-corrected chi connectivity index (χ1v) is 21.5. The van der Waals surface area contributed by atoms with Crippen molar-refractivity contribution in [2.24, 2.45) is 0 Å². The van der Waals surface area contributed by atoms with Crippen LogP contribution in [0.1, 0.15) is 187 Å². The third kappa shape index (κ3) is 25.4. The highest BCUT2D eigenvalue weighted by atomic mass is 19.4. The molecule has 0 aromatic carbocycles. The van der Waals surface area contributed by atoms with Crippen molar-refractivity contribution in [1.82, 2.24) is 4.90 Å². The number of hydrogen-bond donors (Lipinski definition) is 1. The van der Waals surface area contributed by atoms with E-state index in [1.807, 2.05) is 13.8 Å². The molecule has 0 bridgehead atoms. The van der Waals surface area contributed by atoms with E-state index in [-0.39, 0.29) is 45.1 Å². The lowest BCUT2D eigenvalue weighted by atomic mass is 10.0. The molecule has 0 aromatic heterocycles. The Hall–Kier alpha value is -1.84. The predicted octanol–water partition coefficient (Wildman–Crippen LogP) is 13.1. The Balaban J connectivity index is 4.88. The van der Waals surface area contributed by atoms with E-state index in [9.17, 15) is 53.5 Å². The molecule has 57 heavy (non-hydrogen) atoms. The van der Waals surface area contributed by atoms with Gasteiger partial charge in [0.05, 0.1) is 0 Å². The number of halogens is 10. The van der Waals surface area contributed by atoms with Gasteiger partial charge >= 0.3 is 36.1 Å². The molecule has 16 heteroatoms. The molecular weight excluding hydrogens is 776 g/mol. The molecule has 2 atom stereocenters. The van der Waals surface area contributed by atoms with Crippen LogP contribution >= 0.6 is 0 Å². The van der Waals surface area contributed by atoms with Crippen molar-refractivity contribution in [1.29, 1.82) is 0 Å². The van der Waals surface area contributed by atoms with Gasteiger partial charge in [0.15, 0.2) is 12.2 Å². The molecule has 0 radical (unpaired) electrons. The molecule has 0 rings (SSSR count). The molecule has 1 N–H and O–H groups in total. The summed E-state index contributed by atoms with van der Waals surface area (Å²) in [6.07, 6.45) is -3.89. The highest BCUT2D eigenvalue weighted by Gasteiger charge is 2.64. The van der Waals surface area contributed by atoms with Crippen molar-refractivity contribution >= 4 is 11.9 Å². The first-order chi connectivity index (χ1) is 26.8. The molecule has 0 aliphatic heterocycles. The number of aliphatic hydroxyl groups excluding tert-OH is 1. The number of ether oxygens (including phenoxy) is 2. The van der Waals surface area contributed by atoms with Crippen LogP contribution in [0.4, 0.5) is 43.9 Å². The van der Waals surface area contributed by atoms with Gasteiger partial charge in [-0.25, -0.2) is 0 Å². The summed E-state index contributed by atoms with van der Waals surface area (Å²) in [5, 5.41) is 9.10. The zero-order chi connectivity index (χ0) is 43.2. The minimum Gasteiger partial charge on any atom is -0.456 e. The predicted molar refractivity (Wildman–Crippen MR) is 201 cm³/mol. The van der Waals surface area contributed by atoms with Crippen LogP contribution in [-0.2, 0) is 19.1 Å². The number of hydrogen-bond acceptors (Lipinski definition) is 6. The molecule has 0 saturated carbocycles. The lowest BCUT2D eigenvalue weighted by Crippen LogP contribution is -2.49. The smallest absolute Gasteiger partial charge is 0.456 e. The summed E-state index contributed by atoms with van der Waals surface area (Å²) in [5.74, 6) is -12.6. The second kappa shape index (κ2) is 31.1. The summed E-state index contributed by atoms with van der Waals surface area (Å²) < 4.78 is 145. The number of esters is 2. The van der Waals surface area contributed by atoms with Crippen molar-refractivity contribution in [3.05, 3.63) is 0 Å². The van der Waals surface area contributed by atoms with E-state index in [1.54, 1.807) is 0 Å². The number of aliphatic hydroxyl groups is 1. The number of alkyl halides is 10. The maximum Gasteiger partial charge on any atom is 0.457 e. The molecule has 0 saturated heterocycles. The third-order valence-corrected chi connectivity index (χ3v) is 10.1. The standard InChI is InChI=1S/C41H71F10NO5/c1-3-5-7-9-11-13-18-26-34(38(42,43)40(46,47)48)56-36(54)28-20-15-22-30-52(32-24-17-25-33-53)31-23-16-21-29-37(55)57-35(39(44,45)41(49,50)51)27-19-14-12-10-8-6-4-2/h34-35,53H,3-33H2,1-2H3. The fourth-order valence-corrected chi connectivity index (χ4v) is 6.52. The van der Waals surface area contributed by atoms with Gasteiger partial charge in [-0.2, -0.15) is 43.9 Å². The molecular formula is C41H71F10NO5. The quantitative estimate of drug-likeness (QED) is 0.0381. The molecule has 0 heterocycles. The van der Waals surface area contributed by atoms with Gasteiger partial charge in [0.2, 0.25) is 0 Å². The zero-order valence-electron chi connectivity index (χ0n) is 34.4. The SMILES string of the molecule is CCCCCCCCCC(OC(=O)CCCCCN(CCCCCO)CCCCCC(=O)OC(CCCCCCCCC)C(F)(F)C(F)(F)F)C(F)(F)C(F)(F)F. The minimum atomic E-state index is -5.85. The van der Waals surface area contributed by atoms with Crippen LogP contribution in [0.3, 0.4) is 0 Å². The minimum absolute atomic E-state index is 0.0375. The van der Waals surface area contributed by atoms with Crippen LogP contribution in [0, 0.1) is 0 Å². The van der Waals surface area contributed by atoms with Crippen molar-refractivity contribution in [2.75, 3.05) is 26.2 Å². The summed E-state index contributed by atoms with van der Waals surface area (Å²) >= 11 is 0. The molecule has 340 valence electrons. The number of unbranched alkanes of at least 4 members (excludes halogenated alkanes) is 18. The molecule has 0 aliphatic carbocycles. The summed E-state index contributed by atoms with van der Waals surface area (Å²) in [6.45, 7) is 5.90. The Bertz CT molecular complexity index is 941. The third-order valence-electron chi connectivity index (χ3n) is 10.1. The molecule has 0 spiro atoms. The average molecular weight is 848 g/mol. The van der Waals surface area contributed by atoms with Crippen molar-refractivity contribution in [3.8, 4) is 0 Å². The summed E-state index contributed by atoms with van der Waals surface area (Å²) in [5.41, 5.74) is 0. The van der Waals surface area contributed by atoms with Gasteiger partial charge in [0, 0.05) is 19.4 Å². The fraction of sp³-hybridized carbons (Fsp3) is 0.951. The normalized spacial score (nSPS) is 13.9. The molecule has 0 fully saturated rings. The van der Waals surface area contributed by atoms with E-state index in [4.69, 9.17) is 14.6 Å². The lowest BCUT2D eigenvalue weighted by molar-refractivity contribution is -0.315. The number of carbonyl (C=O) groups excluding carboxylic acids is 2. The van der Waals surface area contributed by atoms with Gasteiger partial charge < -0.3 is 19.5 Å². The van der Waals surface area contributed by atoms with Crippen LogP contribution in [0.5, 0.6) is 0 Å². The number of carbonyl (C=O) groups is 2. The molecule has 0 aromatic rings. The Morgan fingerprint density at radius 3 is 1.07 bits per heavy atom. The van der Waals surface area contributed by atoms with E-state index in [0.717, 1.165) is 64.2 Å². The van der Waals surface area contributed by atoms with Crippen molar-refractivity contribution in [2.45, 2.75) is 224 Å². The summed E-state index contributed by atoms with van der Waals surface area (Å²) in [6, 6.07) is 0. The van der Waals surface area contributed by atoms with Crippen LogP contribution < -0.4 is 0 Å². The van der Waals surface area contributed by atoms with E-state index in [2.05, 4.69) is 4.90 Å². The summed E-state index contributed by atoms with van der Waals surface area (Å²) in [7, 11) is 0. The zero-order valence-corrected chi connectivity index (χ0v) is 34.4. The van der Waals surface area contributed by atoms with E-state index < -0.39 is 61.2 Å². The largest absolute Gasteiger partial charge is 0.457 e. The Morgan fingerprint density at radius 2 is 0.754 bits per heavy atom. The van der Waals surface area contributed by atoms with E-state index in [1.165, 1.54) is 0 Å². The van der Waals surface area contributed by atoms with Crippen molar-refractivity contribution in [3.63, 3.8) is 0 Å². The van der Waals surface area contributed by atoms with Crippen LogP contribution in [-0.4, -0.2) is 84.6 Å². The van der Waals surface area contributed by atoms with Gasteiger partial charge in [-0.15, -0.1) is 0 Å². The lowest BCUT2D eigenvalue weighted by Gasteiger charge is -2.28. The molecule has 6 nitrogen and oxygen atoms in total. The Labute approximate surface area is 334 Å². The molecule has 2 unspecified atom stereocenters. The van der Waals surface area contributed by atoms with E-state index >= 15 is 0 Å². The second-order valence-corrected chi connectivity index (χ2v) is 15.3. The van der Waals surface area contributed by atoms with Gasteiger partial charge in [-0.1, -0.05) is 104 Å². The van der Waals surface area contributed by atoms with Gasteiger partial charge in [-0.3, -0.25) is 9.59 Å². The highest BCUT2D eigenvalue weighted by molar-refractivity contribution is 5.70. The Kier molecular flexibility index (Phi) is 30.1. The van der Waals surface area contributed by atoms with Gasteiger partial charge in [0.25, 0.3) is 0 Å². The van der Waals surface area contributed by atoms with Crippen LogP contribution in [0.15, 0.2) is 0 Å². The van der Waals surface area contributed by atoms with Gasteiger partial charge in [0.1, 0.15) is 0 Å². The summed E-state index contributed by atoms with van der Waals surface area (Å²) in [4.78, 5) is 26.8. The maximum absolute atomic E-state index is 14.2. The average Bonchev–Trinajstić information content (AvgIpc) is 3.13. The molecule has 0 amide bonds. The Morgan fingerprint density at radius 1 is 0.456 bits per heavy atom. The number of nitrogens with zero attached hydrogens (tertiary/aromatic N) is 1. The number of rotatable bonds is 37. The monoisotopic (exact) mass is 848 g/mol. The molecule has 0 aliphatic rings. The highest BCUT2D eigenvalue weighted by Crippen LogP contribution is 2.42. The van der Waals surface area contributed by atoms with Crippen LogP contribution in [0.25, 0.3) is 0 Å². The van der Waals surface area contributed by atoms with E-state index in [0.29, 0.717) is 77.4 Å². The first kappa shape index (κ1) is 55.2. The topological polar surface area (TPSA) is 76.1 Å². The van der Waals surface area contributed by atoms with Crippen LogP contribution in [0.2, 0.25) is 0 Å². The van der Waals surface area contributed by atoms with Crippen molar-refractivity contribution < 1.29 is 68.1 Å². The van der Waals surface area contributed by atoms with Gasteiger partial charge in [-0.05, 0) is 90.3 Å².